The van der Waals surface area contributed by atoms with Gasteiger partial charge < -0.3 is 4.74 Å². The van der Waals surface area contributed by atoms with E-state index in [0.29, 0.717) is 12.8 Å². The molecule has 20 heavy (non-hydrogen) atoms. The summed E-state index contributed by atoms with van der Waals surface area (Å²) in [4.78, 5) is 12.2. The van der Waals surface area contributed by atoms with Crippen LogP contribution in [0.3, 0.4) is 0 Å². The van der Waals surface area contributed by atoms with E-state index >= 15 is 0 Å². The molecule has 1 aromatic heterocycles. The predicted molar refractivity (Wildman–Crippen MR) is 79.8 cm³/mol. The van der Waals surface area contributed by atoms with Crippen molar-refractivity contribution in [3.05, 3.63) is 30.0 Å². The van der Waals surface area contributed by atoms with Gasteiger partial charge in [0.05, 0.1) is 23.2 Å². The average Bonchev–Trinajstić information content (AvgIpc) is 2.76. The molecule has 0 saturated carbocycles. The number of ketones is 1. The Morgan fingerprint density at radius 3 is 2.70 bits per heavy atom. The number of carbonyl (C=O) groups excluding carboxylic acids is 1. The first-order valence-electron chi connectivity index (χ1n) is 6.98. The lowest BCUT2D eigenvalue weighted by Gasteiger charge is -2.21. The minimum atomic E-state index is -0.416. The van der Waals surface area contributed by atoms with Crippen molar-refractivity contribution in [1.82, 2.24) is 9.78 Å². The molecule has 1 heterocycles. The summed E-state index contributed by atoms with van der Waals surface area (Å²) in [6, 6.07) is 8.05. The molecule has 0 atom stereocenters. The number of hydrogen-bond acceptors (Lipinski definition) is 3. The Bertz CT molecular complexity index is 614. The fourth-order valence-corrected chi connectivity index (χ4v) is 2.36. The summed E-state index contributed by atoms with van der Waals surface area (Å²) in [5, 5.41) is 5.63. The smallest absolute Gasteiger partial charge is 0.141 e. The zero-order chi connectivity index (χ0) is 14.8. The molecule has 0 unspecified atom stereocenters. The fraction of sp³-hybridized carbons (Fsp3) is 0.500. The number of aromatic nitrogens is 2. The zero-order valence-corrected chi connectivity index (χ0v) is 12.6. The largest absolute Gasteiger partial charge is 0.378 e. The van der Waals surface area contributed by atoms with E-state index in [2.05, 4.69) is 12.0 Å². The molecule has 2 aromatic rings. The molecule has 0 aliphatic heterocycles. The van der Waals surface area contributed by atoms with Crippen molar-refractivity contribution in [2.75, 3.05) is 7.11 Å². The van der Waals surface area contributed by atoms with Crippen molar-refractivity contribution in [1.29, 1.82) is 0 Å². The predicted octanol–water partition coefficient (Wildman–Crippen LogP) is 2.98. The molecule has 0 amide bonds. The summed E-state index contributed by atoms with van der Waals surface area (Å²) in [5.74, 6) is 0.156. The maximum atomic E-state index is 12.2. The number of ether oxygens (including phenoxy) is 1. The number of aryl methyl sites for hydroxylation is 1. The number of carbonyl (C=O) groups is 1. The van der Waals surface area contributed by atoms with Crippen LogP contribution in [0, 0.1) is 0 Å². The van der Waals surface area contributed by atoms with Gasteiger partial charge in [0.15, 0.2) is 0 Å². The molecule has 0 saturated heterocycles. The van der Waals surface area contributed by atoms with Crippen LogP contribution in [0.1, 0.15) is 32.9 Å². The number of hydrogen-bond donors (Lipinski definition) is 0. The quantitative estimate of drug-likeness (QED) is 0.813. The molecule has 0 aliphatic carbocycles. The lowest BCUT2D eigenvalue weighted by molar-refractivity contribution is -0.123. The Morgan fingerprint density at radius 2 is 2.05 bits per heavy atom. The number of para-hydroxylation sites is 1. The second-order valence-corrected chi connectivity index (χ2v) is 5.64. The van der Waals surface area contributed by atoms with Crippen molar-refractivity contribution < 1.29 is 9.53 Å². The van der Waals surface area contributed by atoms with Crippen molar-refractivity contribution >= 4 is 16.7 Å². The monoisotopic (exact) mass is 274 g/mol. The molecule has 0 fully saturated rings. The highest BCUT2D eigenvalue weighted by Gasteiger charge is 2.22. The van der Waals surface area contributed by atoms with Gasteiger partial charge in [-0.15, -0.1) is 0 Å². The molecule has 0 aliphatic rings. The first-order valence-corrected chi connectivity index (χ1v) is 6.98. The summed E-state index contributed by atoms with van der Waals surface area (Å²) >= 11 is 0. The topological polar surface area (TPSA) is 44.1 Å². The third-order valence-corrected chi connectivity index (χ3v) is 3.57. The van der Waals surface area contributed by atoms with Crippen LogP contribution < -0.4 is 0 Å². The van der Waals surface area contributed by atoms with Crippen molar-refractivity contribution in [2.45, 2.75) is 45.8 Å². The van der Waals surface area contributed by atoms with E-state index in [4.69, 9.17) is 4.74 Å². The standard InChI is InChI=1S/C16H22N2O2/c1-5-18-15-9-7-6-8-13(15)14(17-18)10-12(19)11-16(2,3)20-4/h6-9H,5,10-11H2,1-4H3. The van der Waals surface area contributed by atoms with Crippen molar-refractivity contribution in [2.24, 2.45) is 0 Å². The van der Waals surface area contributed by atoms with Crippen LogP contribution in [-0.4, -0.2) is 28.3 Å². The van der Waals surface area contributed by atoms with Gasteiger partial charge in [-0.25, -0.2) is 0 Å². The highest BCUT2D eigenvalue weighted by Crippen LogP contribution is 2.21. The van der Waals surface area contributed by atoms with Gasteiger partial charge in [0.2, 0.25) is 0 Å². The minimum Gasteiger partial charge on any atom is -0.378 e. The highest BCUT2D eigenvalue weighted by atomic mass is 16.5. The maximum Gasteiger partial charge on any atom is 0.141 e. The molecule has 108 valence electrons. The Labute approximate surface area is 119 Å². The van der Waals surface area contributed by atoms with Gasteiger partial charge >= 0.3 is 0 Å². The molecule has 0 bridgehead atoms. The fourth-order valence-electron chi connectivity index (χ4n) is 2.36. The van der Waals surface area contributed by atoms with E-state index in [-0.39, 0.29) is 5.78 Å². The molecule has 4 heteroatoms. The van der Waals surface area contributed by atoms with Crippen molar-refractivity contribution in [3.63, 3.8) is 0 Å². The van der Waals surface area contributed by atoms with E-state index in [1.54, 1.807) is 7.11 Å². The van der Waals surface area contributed by atoms with Gasteiger partial charge in [0, 0.05) is 25.5 Å². The number of nitrogens with zero attached hydrogens (tertiary/aromatic N) is 2. The van der Waals surface area contributed by atoms with Gasteiger partial charge in [-0.05, 0) is 26.8 Å². The Balaban J connectivity index is 2.24. The molecular weight excluding hydrogens is 252 g/mol. The Morgan fingerprint density at radius 1 is 1.35 bits per heavy atom. The molecule has 0 spiro atoms. The van der Waals surface area contributed by atoms with E-state index < -0.39 is 5.60 Å². The molecule has 1 aromatic carbocycles. The third-order valence-electron chi connectivity index (χ3n) is 3.57. The van der Waals surface area contributed by atoms with Crippen LogP contribution in [0.5, 0.6) is 0 Å². The van der Waals surface area contributed by atoms with Gasteiger partial charge in [-0.3, -0.25) is 9.48 Å². The normalized spacial score (nSPS) is 12.0. The number of rotatable bonds is 6. The van der Waals surface area contributed by atoms with E-state index in [1.165, 1.54) is 0 Å². The van der Waals surface area contributed by atoms with E-state index in [0.717, 1.165) is 23.1 Å². The minimum absolute atomic E-state index is 0.156. The summed E-state index contributed by atoms with van der Waals surface area (Å²) in [6.07, 6.45) is 0.761. The number of benzene rings is 1. The SMILES string of the molecule is CCn1nc(CC(=O)CC(C)(C)OC)c2ccccc21. The molecular formula is C16H22N2O2. The van der Waals surface area contributed by atoms with Gasteiger partial charge in [0.25, 0.3) is 0 Å². The summed E-state index contributed by atoms with van der Waals surface area (Å²) in [7, 11) is 1.63. The van der Waals surface area contributed by atoms with Crippen LogP contribution in [-0.2, 0) is 22.5 Å². The third kappa shape index (κ3) is 3.07. The molecule has 4 nitrogen and oxygen atoms in total. The van der Waals surface area contributed by atoms with Gasteiger partial charge in [0.1, 0.15) is 5.78 Å². The van der Waals surface area contributed by atoms with Crippen LogP contribution >= 0.6 is 0 Å². The van der Waals surface area contributed by atoms with E-state index in [1.807, 2.05) is 42.8 Å². The Kier molecular flexibility index (Phi) is 4.23. The second-order valence-electron chi connectivity index (χ2n) is 5.64. The summed E-state index contributed by atoms with van der Waals surface area (Å²) in [6.45, 7) is 6.71. The molecule has 2 rings (SSSR count). The number of fused-ring (bicyclic) bond motifs is 1. The summed E-state index contributed by atoms with van der Waals surface area (Å²) in [5.41, 5.74) is 1.53. The highest BCUT2D eigenvalue weighted by molar-refractivity contribution is 5.88. The van der Waals surface area contributed by atoms with Crippen LogP contribution in [0.4, 0.5) is 0 Å². The second kappa shape index (κ2) is 5.75. The molecule has 0 N–H and O–H groups in total. The van der Waals surface area contributed by atoms with Crippen molar-refractivity contribution in [3.8, 4) is 0 Å². The first-order chi connectivity index (χ1) is 9.46. The number of Topliss-reactive ketones (excluding diaryl/α,β-unsaturated/α-hetero) is 1. The summed E-state index contributed by atoms with van der Waals surface area (Å²) < 4.78 is 7.26. The van der Waals surface area contributed by atoms with Crippen LogP contribution in [0.25, 0.3) is 10.9 Å². The van der Waals surface area contributed by atoms with Crippen LogP contribution in [0.2, 0.25) is 0 Å². The zero-order valence-electron chi connectivity index (χ0n) is 12.6. The maximum absolute atomic E-state index is 12.2. The first kappa shape index (κ1) is 14.7. The number of methoxy groups -OCH3 is 1. The van der Waals surface area contributed by atoms with Crippen LogP contribution in [0.15, 0.2) is 24.3 Å². The van der Waals surface area contributed by atoms with E-state index in [9.17, 15) is 4.79 Å². The Hall–Kier alpha value is -1.68. The van der Waals surface area contributed by atoms with Gasteiger partial charge in [-0.2, -0.15) is 5.10 Å². The lowest BCUT2D eigenvalue weighted by Crippen LogP contribution is -2.27. The average molecular weight is 274 g/mol. The molecule has 0 radical (unpaired) electrons. The lowest BCUT2D eigenvalue weighted by atomic mass is 9.98. The van der Waals surface area contributed by atoms with Gasteiger partial charge in [-0.1, -0.05) is 18.2 Å².